The van der Waals surface area contributed by atoms with E-state index in [1.807, 2.05) is 32.2 Å². The summed E-state index contributed by atoms with van der Waals surface area (Å²) in [5.74, 6) is 0.849. The Labute approximate surface area is 160 Å². The topological polar surface area (TPSA) is 56.6 Å². The van der Waals surface area contributed by atoms with Crippen LogP contribution in [0.3, 0.4) is 0 Å². The van der Waals surface area contributed by atoms with E-state index in [-0.39, 0.29) is 23.6 Å². The summed E-state index contributed by atoms with van der Waals surface area (Å²) in [6.07, 6.45) is 4.55. The third kappa shape index (κ3) is 4.68. The Balaban J connectivity index is 2.25. The van der Waals surface area contributed by atoms with Gasteiger partial charge in [0.05, 0.1) is 11.1 Å². The average molecular weight is 371 g/mol. The van der Waals surface area contributed by atoms with Crippen molar-refractivity contribution in [3.63, 3.8) is 0 Å². The van der Waals surface area contributed by atoms with Gasteiger partial charge in [-0.3, -0.25) is 9.69 Å². The van der Waals surface area contributed by atoms with Gasteiger partial charge in [-0.05, 0) is 44.0 Å². The molecule has 5 nitrogen and oxygen atoms in total. The van der Waals surface area contributed by atoms with E-state index < -0.39 is 5.82 Å². The second-order valence-corrected chi connectivity index (χ2v) is 7.21. The minimum absolute atomic E-state index is 0.00416. The fourth-order valence-electron chi connectivity index (χ4n) is 2.92. The lowest BCUT2D eigenvalue weighted by Crippen LogP contribution is -2.36. The molecule has 1 aliphatic heterocycles. The van der Waals surface area contributed by atoms with Crippen LogP contribution in [-0.4, -0.2) is 34.8 Å². The van der Waals surface area contributed by atoms with Crippen LogP contribution in [0.4, 0.5) is 4.39 Å². The van der Waals surface area contributed by atoms with Gasteiger partial charge < -0.3 is 9.64 Å². The monoisotopic (exact) mass is 371 g/mol. The number of carbonyl (C=O) groups is 1. The van der Waals surface area contributed by atoms with Crippen LogP contribution >= 0.6 is 0 Å². The molecule has 1 aliphatic rings. The number of nitriles is 1. The zero-order valence-electron chi connectivity index (χ0n) is 16.5. The zero-order valence-corrected chi connectivity index (χ0v) is 16.5. The van der Waals surface area contributed by atoms with E-state index in [0.717, 1.165) is 12.2 Å². The number of hydrogen-bond donors (Lipinski definition) is 0. The molecule has 0 radical (unpaired) electrons. The summed E-state index contributed by atoms with van der Waals surface area (Å²) in [5.41, 5.74) is 0.528. The van der Waals surface area contributed by atoms with Crippen molar-refractivity contribution in [2.24, 2.45) is 0 Å². The number of amides is 1. The highest BCUT2D eigenvalue weighted by molar-refractivity contribution is 5.76. The van der Waals surface area contributed by atoms with Crippen molar-refractivity contribution in [2.45, 2.75) is 46.3 Å². The van der Waals surface area contributed by atoms with Gasteiger partial charge in [-0.25, -0.2) is 4.39 Å². The minimum Gasteiger partial charge on any atom is -0.489 e. The molecule has 1 amide bonds. The first kappa shape index (κ1) is 20.5. The predicted molar refractivity (Wildman–Crippen MR) is 102 cm³/mol. The van der Waals surface area contributed by atoms with E-state index in [2.05, 4.69) is 18.7 Å². The van der Waals surface area contributed by atoms with Crippen molar-refractivity contribution in [2.75, 3.05) is 13.6 Å². The van der Waals surface area contributed by atoms with Gasteiger partial charge in [0.1, 0.15) is 30.1 Å². The maximum Gasteiger partial charge on any atom is 0.225 e. The van der Waals surface area contributed by atoms with Gasteiger partial charge in [0, 0.05) is 26.6 Å². The Kier molecular flexibility index (Phi) is 6.27. The molecule has 1 aromatic carbocycles. The van der Waals surface area contributed by atoms with E-state index in [4.69, 9.17) is 10.00 Å². The normalized spacial score (nSPS) is 18.0. The van der Waals surface area contributed by atoms with Crippen LogP contribution in [0, 0.1) is 17.1 Å². The molecule has 6 heteroatoms. The fourth-order valence-corrected chi connectivity index (χ4v) is 2.92. The molecule has 0 saturated carbocycles. The van der Waals surface area contributed by atoms with Gasteiger partial charge in [0.25, 0.3) is 0 Å². The molecular formula is C21H26FN3O2. The number of benzene rings is 1. The fraction of sp³-hybridized carbons (Fsp3) is 0.429. The number of rotatable bonds is 5. The second kappa shape index (κ2) is 8.26. The van der Waals surface area contributed by atoms with Gasteiger partial charge in [0.15, 0.2) is 0 Å². The lowest BCUT2D eigenvalue weighted by Gasteiger charge is -2.28. The van der Waals surface area contributed by atoms with Crippen LogP contribution < -0.4 is 0 Å². The van der Waals surface area contributed by atoms with E-state index in [9.17, 15) is 9.18 Å². The summed E-state index contributed by atoms with van der Waals surface area (Å²) in [6, 6.07) is 6.18. The first-order valence-electron chi connectivity index (χ1n) is 8.94. The van der Waals surface area contributed by atoms with Gasteiger partial charge in [-0.15, -0.1) is 0 Å². The largest absolute Gasteiger partial charge is 0.489 e. The first-order chi connectivity index (χ1) is 12.7. The maximum atomic E-state index is 13.5. The first-order valence-corrected chi connectivity index (χ1v) is 8.94. The molecular weight excluding hydrogens is 345 g/mol. The summed E-state index contributed by atoms with van der Waals surface area (Å²) in [6.45, 7) is 8.52. The summed E-state index contributed by atoms with van der Waals surface area (Å²) < 4.78 is 19.4. The summed E-state index contributed by atoms with van der Waals surface area (Å²) in [4.78, 5) is 15.8. The van der Waals surface area contributed by atoms with Crippen LogP contribution in [0.5, 0.6) is 0 Å². The Hall–Kier alpha value is -2.81. The molecule has 1 saturated heterocycles. The number of likely N-dealkylation sites (N-methyl/N-ethyl adjacent to an activating group) is 1. The van der Waals surface area contributed by atoms with E-state index in [1.165, 1.54) is 12.1 Å². The highest BCUT2D eigenvalue weighted by Gasteiger charge is 2.39. The van der Waals surface area contributed by atoms with E-state index >= 15 is 0 Å². The molecule has 144 valence electrons. The number of carbonyl (C=O) groups excluding carboxylic acids is 1. The van der Waals surface area contributed by atoms with Crippen molar-refractivity contribution < 1.29 is 13.9 Å². The molecule has 2 rings (SSSR count). The molecule has 0 bridgehead atoms. The van der Waals surface area contributed by atoms with Gasteiger partial charge >= 0.3 is 0 Å². The van der Waals surface area contributed by atoms with E-state index in [1.54, 1.807) is 17.9 Å². The lowest BCUT2D eigenvalue weighted by molar-refractivity contribution is -0.126. The molecule has 0 aromatic heterocycles. The number of nitrogens with zero attached hydrogens (tertiary/aromatic N) is 3. The Morgan fingerprint density at radius 2 is 2.15 bits per heavy atom. The molecule has 0 atom stereocenters. The minimum atomic E-state index is -0.542. The predicted octanol–water partition coefficient (Wildman–Crippen LogP) is 3.92. The SMILES string of the molecule is CC/C=C(/C=C1\N(C(C)=O)CC(C)(C)N1C)OCc1ccc(F)c(C#N)c1. The molecule has 0 spiro atoms. The second-order valence-electron chi connectivity index (χ2n) is 7.21. The van der Waals surface area contributed by atoms with Crippen molar-refractivity contribution in [1.29, 1.82) is 5.26 Å². The van der Waals surface area contributed by atoms with Crippen LogP contribution in [0.1, 0.15) is 45.2 Å². The summed E-state index contributed by atoms with van der Waals surface area (Å²) in [5, 5.41) is 8.96. The Morgan fingerprint density at radius 1 is 1.44 bits per heavy atom. The molecule has 1 aromatic rings. The van der Waals surface area contributed by atoms with Gasteiger partial charge in [-0.1, -0.05) is 13.0 Å². The summed E-state index contributed by atoms with van der Waals surface area (Å²) in [7, 11) is 1.96. The molecule has 1 fully saturated rings. The molecule has 1 heterocycles. The van der Waals surface area contributed by atoms with Crippen LogP contribution in [0.2, 0.25) is 0 Å². The van der Waals surface area contributed by atoms with Gasteiger partial charge in [0.2, 0.25) is 5.91 Å². The number of halogens is 1. The number of ether oxygens (including phenoxy) is 1. The standard InChI is InChI=1S/C21H26FN3O2/c1-6-7-18(27-13-16-8-9-19(22)17(10-16)12-23)11-20-24(5)21(3,4)14-25(20)15(2)26/h7-11H,6,13-14H2,1-5H3/b18-7-,20-11-. The van der Waals surface area contributed by atoms with Crippen LogP contribution in [-0.2, 0) is 16.1 Å². The highest BCUT2D eigenvalue weighted by Crippen LogP contribution is 2.31. The van der Waals surface area contributed by atoms with Crippen LogP contribution in [0.15, 0.2) is 41.9 Å². The number of hydrogen-bond acceptors (Lipinski definition) is 4. The highest BCUT2D eigenvalue weighted by atomic mass is 19.1. The van der Waals surface area contributed by atoms with Crippen molar-refractivity contribution in [3.8, 4) is 6.07 Å². The quantitative estimate of drug-likeness (QED) is 0.736. The summed E-state index contributed by atoms with van der Waals surface area (Å²) >= 11 is 0. The Morgan fingerprint density at radius 3 is 2.74 bits per heavy atom. The van der Waals surface area contributed by atoms with Crippen molar-refractivity contribution in [1.82, 2.24) is 9.80 Å². The van der Waals surface area contributed by atoms with E-state index in [0.29, 0.717) is 17.9 Å². The van der Waals surface area contributed by atoms with Crippen LogP contribution in [0.25, 0.3) is 0 Å². The molecule has 0 N–H and O–H groups in total. The average Bonchev–Trinajstić information content (AvgIpc) is 2.84. The third-order valence-corrected chi connectivity index (χ3v) is 4.69. The zero-order chi connectivity index (χ0) is 20.2. The molecule has 0 aliphatic carbocycles. The van der Waals surface area contributed by atoms with Crippen molar-refractivity contribution >= 4 is 5.91 Å². The lowest BCUT2D eigenvalue weighted by atomic mass is 10.1. The smallest absolute Gasteiger partial charge is 0.225 e. The molecule has 0 unspecified atom stereocenters. The molecule has 27 heavy (non-hydrogen) atoms. The number of allylic oxidation sites excluding steroid dienone is 2. The Bertz CT molecular complexity index is 821. The third-order valence-electron chi connectivity index (χ3n) is 4.69. The maximum absolute atomic E-state index is 13.5. The van der Waals surface area contributed by atoms with Gasteiger partial charge in [-0.2, -0.15) is 5.26 Å². The van der Waals surface area contributed by atoms with Crippen molar-refractivity contribution in [3.05, 3.63) is 58.9 Å².